The summed E-state index contributed by atoms with van der Waals surface area (Å²) in [4.78, 5) is 24.2. The third-order valence-electron chi connectivity index (χ3n) is 6.51. The molecule has 1 N–H and O–H groups in total. The van der Waals surface area contributed by atoms with Crippen molar-refractivity contribution in [1.82, 2.24) is 14.8 Å². The number of nitrogens with zero attached hydrogens (tertiary/aromatic N) is 4. The molecule has 2 fully saturated rings. The fourth-order valence-electron chi connectivity index (χ4n) is 4.94. The number of amides is 1. The maximum atomic E-state index is 13.0. The zero-order valence-corrected chi connectivity index (χ0v) is 18.0. The highest BCUT2D eigenvalue weighted by Crippen LogP contribution is 2.28. The Morgan fingerprint density at radius 2 is 2.00 bits per heavy atom. The van der Waals surface area contributed by atoms with Crippen molar-refractivity contribution in [3.05, 3.63) is 24.3 Å². The lowest BCUT2D eigenvalue weighted by molar-refractivity contribution is -0.138. The van der Waals surface area contributed by atoms with Crippen molar-refractivity contribution in [2.24, 2.45) is 5.92 Å². The van der Waals surface area contributed by atoms with E-state index in [1.807, 2.05) is 29.2 Å². The molecular formula is C23H34N4O3. The molecule has 7 heteroatoms. The summed E-state index contributed by atoms with van der Waals surface area (Å²) in [5, 5.41) is 9.31. The molecule has 0 aliphatic carbocycles. The highest BCUT2D eigenvalue weighted by Gasteiger charge is 2.33. The molecule has 0 spiro atoms. The lowest BCUT2D eigenvalue weighted by Gasteiger charge is -2.42. The van der Waals surface area contributed by atoms with E-state index in [0.717, 1.165) is 81.9 Å². The van der Waals surface area contributed by atoms with E-state index in [1.165, 1.54) is 0 Å². The maximum absolute atomic E-state index is 13.0. The molecule has 0 radical (unpaired) electrons. The van der Waals surface area contributed by atoms with Gasteiger partial charge in [-0.15, -0.1) is 0 Å². The molecule has 30 heavy (non-hydrogen) atoms. The standard InChI is InChI=1S/C23H34N4O3/c1-2-11-25(15-16-28)22(29)18-6-5-12-27(17-18)19-9-13-26(14-10-19)23-24-20-7-3-4-8-21(20)30-23/h3-4,7-8,18-19,28H,2,5-6,9-17H2,1H3/t18-/m0/s1. The largest absolute Gasteiger partial charge is 0.423 e. The Morgan fingerprint density at radius 1 is 1.20 bits per heavy atom. The number of aliphatic hydroxyl groups is 1. The number of likely N-dealkylation sites (tertiary alicyclic amines) is 1. The fraction of sp³-hybridized carbons (Fsp3) is 0.652. The van der Waals surface area contributed by atoms with Crippen molar-refractivity contribution in [3.8, 4) is 0 Å². The molecule has 3 heterocycles. The van der Waals surface area contributed by atoms with Gasteiger partial charge in [0.2, 0.25) is 5.91 Å². The number of hydrogen-bond acceptors (Lipinski definition) is 6. The molecule has 0 saturated carbocycles. The summed E-state index contributed by atoms with van der Waals surface area (Å²) in [5.41, 5.74) is 1.75. The number of piperidine rings is 2. The summed E-state index contributed by atoms with van der Waals surface area (Å²) in [5.74, 6) is 0.284. The molecule has 2 aliphatic rings. The molecular weight excluding hydrogens is 380 g/mol. The summed E-state index contributed by atoms with van der Waals surface area (Å²) in [6, 6.07) is 9.14. The fourth-order valence-corrected chi connectivity index (χ4v) is 4.94. The minimum absolute atomic E-state index is 0.0382. The van der Waals surface area contributed by atoms with Gasteiger partial charge in [0.15, 0.2) is 5.58 Å². The van der Waals surface area contributed by atoms with Gasteiger partial charge in [0.25, 0.3) is 6.01 Å². The van der Waals surface area contributed by atoms with Crippen LogP contribution < -0.4 is 4.90 Å². The van der Waals surface area contributed by atoms with Gasteiger partial charge >= 0.3 is 0 Å². The maximum Gasteiger partial charge on any atom is 0.298 e. The summed E-state index contributed by atoms with van der Waals surface area (Å²) in [6.07, 6.45) is 5.09. The van der Waals surface area contributed by atoms with Gasteiger partial charge < -0.3 is 19.3 Å². The molecule has 0 unspecified atom stereocenters. The number of benzene rings is 1. The topological polar surface area (TPSA) is 73.1 Å². The van der Waals surface area contributed by atoms with E-state index >= 15 is 0 Å². The summed E-state index contributed by atoms with van der Waals surface area (Å²) in [6.45, 7) is 7.08. The first-order chi connectivity index (χ1) is 14.7. The number of oxazole rings is 1. The SMILES string of the molecule is CCCN(CCO)C(=O)[C@H]1CCCN(C2CCN(c3nc4ccccc4o3)CC2)C1. The van der Waals surface area contributed by atoms with Crippen molar-refractivity contribution in [2.75, 3.05) is 50.8 Å². The van der Waals surface area contributed by atoms with Gasteiger partial charge in [-0.25, -0.2) is 0 Å². The Labute approximate surface area is 178 Å². The third-order valence-corrected chi connectivity index (χ3v) is 6.51. The van der Waals surface area contributed by atoms with E-state index in [-0.39, 0.29) is 18.4 Å². The Bertz CT molecular complexity index is 792. The zero-order valence-electron chi connectivity index (χ0n) is 18.0. The average molecular weight is 415 g/mol. The number of rotatable bonds is 7. The van der Waals surface area contributed by atoms with Crippen LogP contribution >= 0.6 is 0 Å². The number of hydrogen-bond donors (Lipinski definition) is 1. The van der Waals surface area contributed by atoms with Gasteiger partial charge in [-0.05, 0) is 50.8 Å². The van der Waals surface area contributed by atoms with Crippen LogP contribution in [-0.4, -0.2) is 77.7 Å². The van der Waals surface area contributed by atoms with Gasteiger partial charge in [0.05, 0.1) is 12.5 Å². The highest BCUT2D eigenvalue weighted by molar-refractivity contribution is 5.79. The van der Waals surface area contributed by atoms with Crippen molar-refractivity contribution in [2.45, 2.75) is 45.1 Å². The molecule has 2 aliphatic heterocycles. The first-order valence-corrected chi connectivity index (χ1v) is 11.4. The highest BCUT2D eigenvalue weighted by atomic mass is 16.4. The van der Waals surface area contributed by atoms with E-state index in [0.29, 0.717) is 12.6 Å². The molecule has 2 saturated heterocycles. The Kier molecular flexibility index (Phi) is 6.89. The predicted octanol–water partition coefficient (Wildman–Crippen LogP) is 2.74. The molecule has 1 aromatic heterocycles. The molecule has 2 aromatic rings. The number of fused-ring (bicyclic) bond motifs is 1. The monoisotopic (exact) mass is 414 g/mol. The van der Waals surface area contributed by atoms with Crippen molar-refractivity contribution >= 4 is 23.0 Å². The Hall–Kier alpha value is -2.12. The second-order valence-corrected chi connectivity index (χ2v) is 8.57. The van der Waals surface area contributed by atoms with Gasteiger partial charge in [0, 0.05) is 38.8 Å². The van der Waals surface area contributed by atoms with Crippen molar-refractivity contribution < 1.29 is 14.3 Å². The number of anilines is 1. The predicted molar refractivity (Wildman–Crippen MR) is 117 cm³/mol. The number of carbonyl (C=O) groups excluding carboxylic acids is 1. The minimum Gasteiger partial charge on any atom is -0.423 e. The first-order valence-electron chi connectivity index (χ1n) is 11.4. The normalized spacial score (nSPS) is 21.3. The molecule has 1 atom stereocenters. The second kappa shape index (κ2) is 9.79. The van der Waals surface area contributed by atoms with Crippen LogP contribution in [0.4, 0.5) is 6.01 Å². The van der Waals surface area contributed by atoms with Crippen LogP contribution in [0.1, 0.15) is 39.0 Å². The summed E-state index contributed by atoms with van der Waals surface area (Å²) in [7, 11) is 0. The molecule has 164 valence electrons. The van der Waals surface area contributed by atoms with E-state index in [1.54, 1.807) is 0 Å². The van der Waals surface area contributed by atoms with Crippen LogP contribution in [0.25, 0.3) is 11.1 Å². The zero-order chi connectivity index (χ0) is 20.9. The van der Waals surface area contributed by atoms with Gasteiger partial charge in [-0.2, -0.15) is 4.98 Å². The van der Waals surface area contributed by atoms with E-state index in [2.05, 4.69) is 21.7 Å². The van der Waals surface area contributed by atoms with Crippen LogP contribution in [0, 0.1) is 5.92 Å². The van der Waals surface area contributed by atoms with Crippen LogP contribution in [0.15, 0.2) is 28.7 Å². The molecule has 1 amide bonds. The average Bonchev–Trinajstić information content (AvgIpc) is 3.23. The van der Waals surface area contributed by atoms with E-state index < -0.39 is 0 Å². The minimum atomic E-state index is 0.0382. The van der Waals surface area contributed by atoms with Crippen LogP contribution in [0.5, 0.6) is 0 Å². The van der Waals surface area contributed by atoms with Crippen molar-refractivity contribution in [3.63, 3.8) is 0 Å². The summed E-state index contributed by atoms with van der Waals surface area (Å²) >= 11 is 0. The lowest BCUT2D eigenvalue weighted by atomic mass is 9.93. The first kappa shape index (κ1) is 21.1. The van der Waals surface area contributed by atoms with E-state index in [4.69, 9.17) is 4.42 Å². The second-order valence-electron chi connectivity index (χ2n) is 8.57. The molecule has 0 bridgehead atoms. The molecule has 4 rings (SSSR count). The number of aromatic nitrogens is 1. The molecule has 1 aromatic carbocycles. The number of carbonyl (C=O) groups is 1. The Morgan fingerprint density at radius 3 is 2.73 bits per heavy atom. The lowest BCUT2D eigenvalue weighted by Crippen LogP contribution is -2.51. The third kappa shape index (κ3) is 4.62. The van der Waals surface area contributed by atoms with Gasteiger partial charge in [-0.1, -0.05) is 19.1 Å². The van der Waals surface area contributed by atoms with Gasteiger partial charge in [-0.3, -0.25) is 9.69 Å². The van der Waals surface area contributed by atoms with Crippen LogP contribution in [0.3, 0.4) is 0 Å². The Balaban J connectivity index is 1.33. The number of aliphatic hydroxyl groups excluding tert-OH is 1. The van der Waals surface area contributed by atoms with E-state index in [9.17, 15) is 9.90 Å². The summed E-state index contributed by atoms with van der Waals surface area (Å²) < 4.78 is 5.94. The quantitative estimate of drug-likeness (QED) is 0.751. The van der Waals surface area contributed by atoms with Crippen LogP contribution in [0.2, 0.25) is 0 Å². The smallest absolute Gasteiger partial charge is 0.298 e. The van der Waals surface area contributed by atoms with Gasteiger partial charge in [0.1, 0.15) is 5.52 Å². The van der Waals surface area contributed by atoms with Crippen LogP contribution in [-0.2, 0) is 4.79 Å². The van der Waals surface area contributed by atoms with Crippen molar-refractivity contribution in [1.29, 1.82) is 0 Å². The molecule has 7 nitrogen and oxygen atoms in total. The number of para-hydroxylation sites is 2.